The normalized spacial score (nSPS) is 13.9. The second-order valence-electron chi connectivity index (χ2n) is 5.55. The van der Waals surface area contributed by atoms with Crippen LogP contribution in [-0.2, 0) is 0 Å². The van der Waals surface area contributed by atoms with Crippen molar-refractivity contribution in [2.75, 3.05) is 0 Å². The van der Waals surface area contributed by atoms with Gasteiger partial charge in [-0.15, -0.1) is 0 Å². The average molecular weight is 224 g/mol. The summed E-state index contributed by atoms with van der Waals surface area (Å²) < 4.78 is 13.3. The molecule has 3 N–H and O–H groups in total. The van der Waals surface area contributed by atoms with Gasteiger partial charge in [-0.2, -0.15) is 0 Å². The van der Waals surface area contributed by atoms with Crippen LogP contribution in [0.2, 0.25) is 0 Å². The van der Waals surface area contributed by atoms with E-state index in [1.54, 1.807) is 6.07 Å². The van der Waals surface area contributed by atoms with Gasteiger partial charge in [0.2, 0.25) is 0 Å². The Labute approximate surface area is 97.0 Å². The van der Waals surface area contributed by atoms with E-state index in [0.717, 1.165) is 17.5 Å². The van der Waals surface area contributed by atoms with Gasteiger partial charge in [0.1, 0.15) is 5.82 Å². The highest BCUT2D eigenvalue weighted by atomic mass is 19.1. The molecule has 0 heterocycles. The molecule has 0 saturated carbocycles. The first kappa shape index (κ1) is 13.1. The minimum Gasteiger partial charge on any atom is -0.271 e. The summed E-state index contributed by atoms with van der Waals surface area (Å²) in [6, 6.07) is 5.03. The molecular formula is C13H21FN2. The van der Waals surface area contributed by atoms with Crippen molar-refractivity contribution in [2.45, 2.75) is 40.2 Å². The zero-order chi connectivity index (χ0) is 12.3. The van der Waals surface area contributed by atoms with Gasteiger partial charge < -0.3 is 0 Å². The average Bonchev–Trinajstić information content (AvgIpc) is 2.11. The summed E-state index contributed by atoms with van der Waals surface area (Å²) in [7, 11) is 0. The molecular weight excluding hydrogens is 203 g/mol. The van der Waals surface area contributed by atoms with Gasteiger partial charge in [0, 0.05) is 6.04 Å². The zero-order valence-corrected chi connectivity index (χ0v) is 10.5. The summed E-state index contributed by atoms with van der Waals surface area (Å²) in [6.45, 7) is 8.31. The lowest BCUT2D eigenvalue weighted by atomic mass is 9.85. The van der Waals surface area contributed by atoms with E-state index in [9.17, 15) is 4.39 Å². The third-order valence-electron chi connectivity index (χ3n) is 2.48. The van der Waals surface area contributed by atoms with Gasteiger partial charge in [-0.3, -0.25) is 11.3 Å². The van der Waals surface area contributed by atoms with E-state index in [0.29, 0.717) is 0 Å². The molecule has 0 aliphatic carbocycles. The van der Waals surface area contributed by atoms with Crippen molar-refractivity contribution >= 4 is 0 Å². The third-order valence-corrected chi connectivity index (χ3v) is 2.48. The maximum atomic E-state index is 13.3. The van der Waals surface area contributed by atoms with Gasteiger partial charge in [-0.05, 0) is 42.0 Å². The first-order valence-corrected chi connectivity index (χ1v) is 5.55. The number of hydrogen-bond acceptors (Lipinski definition) is 2. The summed E-state index contributed by atoms with van der Waals surface area (Å²) >= 11 is 0. The molecule has 0 spiro atoms. The number of nitrogens with two attached hydrogens (primary N) is 1. The molecule has 2 nitrogen and oxygen atoms in total. The van der Waals surface area contributed by atoms with Gasteiger partial charge in [0.15, 0.2) is 0 Å². The van der Waals surface area contributed by atoms with Crippen molar-refractivity contribution in [3.63, 3.8) is 0 Å². The lowest BCUT2D eigenvalue weighted by molar-refractivity contribution is 0.313. The quantitative estimate of drug-likeness (QED) is 0.611. The number of nitrogens with one attached hydrogen (secondary N) is 1. The molecule has 1 aromatic rings. The second-order valence-corrected chi connectivity index (χ2v) is 5.55. The molecule has 0 saturated heterocycles. The van der Waals surface area contributed by atoms with Crippen molar-refractivity contribution in [3.05, 3.63) is 35.1 Å². The first-order valence-electron chi connectivity index (χ1n) is 5.55. The molecule has 1 unspecified atom stereocenters. The Morgan fingerprint density at radius 2 is 1.94 bits per heavy atom. The Morgan fingerprint density at radius 3 is 2.38 bits per heavy atom. The summed E-state index contributed by atoms with van der Waals surface area (Å²) in [6.07, 6.45) is 0.867. The molecule has 0 radical (unpaired) electrons. The van der Waals surface area contributed by atoms with Crippen molar-refractivity contribution < 1.29 is 4.39 Å². The van der Waals surface area contributed by atoms with E-state index in [1.807, 2.05) is 13.0 Å². The van der Waals surface area contributed by atoms with Gasteiger partial charge >= 0.3 is 0 Å². The van der Waals surface area contributed by atoms with E-state index < -0.39 is 0 Å². The van der Waals surface area contributed by atoms with E-state index in [1.165, 1.54) is 6.07 Å². The van der Waals surface area contributed by atoms with Crippen LogP contribution in [0, 0.1) is 18.2 Å². The van der Waals surface area contributed by atoms with E-state index in [-0.39, 0.29) is 17.3 Å². The van der Waals surface area contributed by atoms with E-state index >= 15 is 0 Å². The Hall–Kier alpha value is -0.930. The lowest BCUT2D eigenvalue weighted by Crippen LogP contribution is -2.31. The maximum absolute atomic E-state index is 13.3. The molecule has 90 valence electrons. The van der Waals surface area contributed by atoms with Crippen LogP contribution in [0.25, 0.3) is 0 Å². The van der Waals surface area contributed by atoms with Crippen molar-refractivity contribution in [1.29, 1.82) is 0 Å². The number of aryl methyl sites for hydroxylation is 1. The highest BCUT2D eigenvalue weighted by Crippen LogP contribution is 2.29. The van der Waals surface area contributed by atoms with E-state index in [4.69, 9.17) is 5.84 Å². The summed E-state index contributed by atoms with van der Waals surface area (Å²) in [5.74, 6) is 5.34. The van der Waals surface area contributed by atoms with E-state index in [2.05, 4.69) is 26.2 Å². The predicted octanol–water partition coefficient (Wildman–Crippen LogP) is 3.07. The molecule has 0 aliphatic heterocycles. The Balaban J connectivity index is 2.95. The van der Waals surface area contributed by atoms with Crippen LogP contribution in [-0.4, -0.2) is 0 Å². The fourth-order valence-corrected chi connectivity index (χ4v) is 1.85. The van der Waals surface area contributed by atoms with Crippen molar-refractivity contribution in [2.24, 2.45) is 11.3 Å². The van der Waals surface area contributed by atoms with Gasteiger partial charge in [0.25, 0.3) is 0 Å². The number of halogens is 1. The molecule has 0 fully saturated rings. The van der Waals surface area contributed by atoms with Crippen LogP contribution in [0.5, 0.6) is 0 Å². The fraction of sp³-hybridized carbons (Fsp3) is 0.538. The maximum Gasteiger partial charge on any atom is 0.123 e. The topological polar surface area (TPSA) is 38.0 Å². The second kappa shape index (κ2) is 4.93. The molecule has 16 heavy (non-hydrogen) atoms. The smallest absolute Gasteiger partial charge is 0.123 e. The number of hydrogen-bond donors (Lipinski definition) is 2. The molecule has 0 aromatic heterocycles. The number of rotatable bonds is 3. The van der Waals surface area contributed by atoms with Crippen LogP contribution >= 0.6 is 0 Å². The summed E-state index contributed by atoms with van der Waals surface area (Å²) in [4.78, 5) is 0. The number of benzene rings is 1. The minimum atomic E-state index is -0.204. The SMILES string of the molecule is Cc1cc(F)cc(C(CC(C)(C)C)NN)c1. The summed E-state index contributed by atoms with van der Waals surface area (Å²) in [5.41, 5.74) is 4.75. The zero-order valence-electron chi connectivity index (χ0n) is 10.5. The largest absolute Gasteiger partial charge is 0.271 e. The van der Waals surface area contributed by atoms with Gasteiger partial charge in [-0.25, -0.2) is 4.39 Å². The van der Waals surface area contributed by atoms with Crippen LogP contribution in [0.15, 0.2) is 18.2 Å². The third kappa shape index (κ3) is 3.91. The molecule has 1 atom stereocenters. The monoisotopic (exact) mass is 224 g/mol. The molecule has 0 bridgehead atoms. The molecule has 1 rings (SSSR count). The Kier molecular flexibility index (Phi) is 4.05. The van der Waals surface area contributed by atoms with Crippen LogP contribution in [0.1, 0.15) is 44.4 Å². The minimum absolute atomic E-state index is 0.00519. The molecule has 3 heteroatoms. The Bertz CT molecular complexity index is 335. The predicted molar refractivity (Wildman–Crippen MR) is 65.3 cm³/mol. The Morgan fingerprint density at radius 1 is 1.31 bits per heavy atom. The van der Waals surface area contributed by atoms with Crippen LogP contribution < -0.4 is 11.3 Å². The standard InChI is InChI=1S/C13H21FN2/c1-9-5-10(7-11(14)6-9)12(16-15)8-13(2,3)4/h5-7,12,16H,8,15H2,1-4H3. The van der Waals surface area contributed by atoms with Crippen LogP contribution in [0.3, 0.4) is 0 Å². The highest BCUT2D eigenvalue weighted by Gasteiger charge is 2.19. The van der Waals surface area contributed by atoms with Gasteiger partial charge in [-0.1, -0.05) is 26.8 Å². The number of hydrazine groups is 1. The molecule has 0 amide bonds. The van der Waals surface area contributed by atoms with Crippen LogP contribution in [0.4, 0.5) is 4.39 Å². The fourth-order valence-electron chi connectivity index (χ4n) is 1.85. The first-order chi connectivity index (χ1) is 7.31. The summed E-state index contributed by atoms with van der Waals surface area (Å²) in [5, 5.41) is 0. The molecule has 0 aliphatic rings. The highest BCUT2D eigenvalue weighted by molar-refractivity contribution is 5.26. The van der Waals surface area contributed by atoms with Gasteiger partial charge in [0.05, 0.1) is 0 Å². The van der Waals surface area contributed by atoms with Crippen molar-refractivity contribution in [3.8, 4) is 0 Å². The molecule has 1 aromatic carbocycles. The van der Waals surface area contributed by atoms with Crippen molar-refractivity contribution in [1.82, 2.24) is 5.43 Å². The lowest BCUT2D eigenvalue weighted by Gasteiger charge is -2.26.